The molecule has 36 heavy (non-hydrogen) atoms. The third-order valence-corrected chi connectivity index (χ3v) is 6.19. The molecule has 0 radical (unpaired) electrons. The van der Waals surface area contributed by atoms with Crippen LogP contribution in [0.2, 0.25) is 0 Å². The average Bonchev–Trinajstić information content (AvgIpc) is 3.38. The molecule has 1 aromatic heterocycles. The van der Waals surface area contributed by atoms with Crippen LogP contribution < -0.4 is 0 Å². The van der Waals surface area contributed by atoms with Gasteiger partial charge in [0.15, 0.2) is 0 Å². The summed E-state index contributed by atoms with van der Waals surface area (Å²) in [6.07, 6.45) is 0.120. The van der Waals surface area contributed by atoms with E-state index in [1.54, 1.807) is 7.11 Å². The summed E-state index contributed by atoms with van der Waals surface area (Å²) in [5.41, 5.74) is 7.29. The van der Waals surface area contributed by atoms with E-state index in [1.165, 1.54) is 11.1 Å². The van der Waals surface area contributed by atoms with Gasteiger partial charge in [0.1, 0.15) is 0 Å². The molecule has 4 rings (SSSR count). The SMILES string of the molecule is CCN(CCC(=O)O)Cc1cccc(-c2noc(-c3ccc(-c4ccccc4C)c(COC)c3)n2)c1. The van der Waals surface area contributed by atoms with Crippen molar-refractivity contribution >= 4 is 5.97 Å². The molecule has 0 aliphatic carbocycles. The number of aryl methyl sites for hydroxylation is 1. The molecule has 0 amide bonds. The Morgan fingerprint density at radius 3 is 2.61 bits per heavy atom. The van der Waals surface area contributed by atoms with Gasteiger partial charge in [0.05, 0.1) is 13.0 Å². The molecule has 0 bridgehead atoms. The Balaban J connectivity index is 1.58. The summed E-state index contributed by atoms with van der Waals surface area (Å²) in [5.74, 6) is 0.166. The van der Waals surface area contributed by atoms with Crippen molar-refractivity contribution in [1.29, 1.82) is 0 Å². The Hall–Kier alpha value is -3.81. The smallest absolute Gasteiger partial charge is 0.304 e. The monoisotopic (exact) mass is 485 g/mol. The van der Waals surface area contributed by atoms with Crippen LogP contribution in [0.3, 0.4) is 0 Å². The van der Waals surface area contributed by atoms with Crippen molar-refractivity contribution in [3.63, 3.8) is 0 Å². The summed E-state index contributed by atoms with van der Waals surface area (Å²) >= 11 is 0. The lowest BCUT2D eigenvalue weighted by Crippen LogP contribution is -2.25. The topological polar surface area (TPSA) is 88.7 Å². The highest BCUT2D eigenvalue weighted by molar-refractivity contribution is 5.74. The second kappa shape index (κ2) is 11.7. The number of methoxy groups -OCH3 is 1. The van der Waals surface area contributed by atoms with Gasteiger partial charge in [0, 0.05) is 31.3 Å². The Kier molecular flexibility index (Phi) is 8.25. The first-order valence-electron chi connectivity index (χ1n) is 12.0. The Morgan fingerprint density at radius 2 is 1.86 bits per heavy atom. The minimum atomic E-state index is -0.790. The summed E-state index contributed by atoms with van der Waals surface area (Å²) < 4.78 is 11.1. The van der Waals surface area contributed by atoms with Gasteiger partial charge in [-0.3, -0.25) is 9.69 Å². The third-order valence-electron chi connectivity index (χ3n) is 6.19. The first kappa shape index (κ1) is 25.3. The fraction of sp³-hybridized carbons (Fsp3) is 0.276. The lowest BCUT2D eigenvalue weighted by atomic mass is 9.94. The van der Waals surface area contributed by atoms with Crippen LogP contribution in [0, 0.1) is 6.92 Å². The zero-order valence-corrected chi connectivity index (χ0v) is 20.9. The number of nitrogens with zero attached hydrogens (tertiary/aromatic N) is 3. The van der Waals surface area contributed by atoms with Crippen LogP contribution in [0.1, 0.15) is 30.0 Å². The van der Waals surface area contributed by atoms with Crippen molar-refractivity contribution in [1.82, 2.24) is 15.0 Å². The van der Waals surface area contributed by atoms with E-state index in [2.05, 4.69) is 40.2 Å². The van der Waals surface area contributed by atoms with Gasteiger partial charge < -0.3 is 14.4 Å². The zero-order chi connectivity index (χ0) is 25.5. The standard InChI is InChI=1S/C29H31N3O4/c1-4-32(15-14-27(33)34)18-21-9-7-10-22(16-21)28-30-29(36-31-28)23-12-13-26(24(17-23)19-35-3)25-11-6-5-8-20(25)2/h5-13,16-17H,4,14-15,18-19H2,1-3H3,(H,33,34). The zero-order valence-electron chi connectivity index (χ0n) is 20.9. The van der Waals surface area contributed by atoms with E-state index in [9.17, 15) is 4.79 Å². The fourth-order valence-corrected chi connectivity index (χ4v) is 4.27. The van der Waals surface area contributed by atoms with Crippen LogP contribution in [0.15, 0.2) is 71.3 Å². The number of hydrogen-bond acceptors (Lipinski definition) is 6. The number of benzene rings is 3. The summed E-state index contributed by atoms with van der Waals surface area (Å²) in [6.45, 7) is 6.53. The van der Waals surface area contributed by atoms with Crippen molar-refractivity contribution in [3.05, 3.63) is 83.4 Å². The first-order chi connectivity index (χ1) is 17.5. The molecule has 0 fully saturated rings. The van der Waals surface area contributed by atoms with Crippen LogP contribution in [-0.4, -0.2) is 46.3 Å². The van der Waals surface area contributed by atoms with Gasteiger partial charge in [-0.1, -0.05) is 60.6 Å². The number of carboxylic acid groups (broad SMARTS) is 1. The molecule has 0 saturated heterocycles. The number of rotatable bonds is 11. The predicted molar refractivity (Wildman–Crippen MR) is 139 cm³/mol. The molecule has 0 atom stereocenters. The third kappa shape index (κ3) is 6.05. The molecule has 3 aromatic carbocycles. The van der Waals surface area contributed by atoms with E-state index in [4.69, 9.17) is 14.4 Å². The van der Waals surface area contributed by atoms with Gasteiger partial charge >= 0.3 is 5.97 Å². The van der Waals surface area contributed by atoms with Crippen LogP contribution >= 0.6 is 0 Å². The average molecular weight is 486 g/mol. The molecule has 0 saturated carbocycles. The van der Waals surface area contributed by atoms with E-state index < -0.39 is 5.97 Å². The quantitative estimate of drug-likeness (QED) is 0.286. The highest BCUT2D eigenvalue weighted by Gasteiger charge is 2.15. The highest BCUT2D eigenvalue weighted by Crippen LogP contribution is 2.31. The fourth-order valence-electron chi connectivity index (χ4n) is 4.27. The second-order valence-electron chi connectivity index (χ2n) is 8.76. The van der Waals surface area contributed by atoms with Crippen LogP contribution in [-0.2, 0) is 22.7 Å². The molecular weight excluding hydrogens is 454 g/mol. The maximum absolute atomic E-state index is 10.9. The van der Waals surface area contributed by atoms with Crippen molar-refractivity contribution in [2.45, 2.75) is 33.4 Å². The number of carbonyl (C=O) groups is 1. The van der Waals surface area contributed by atoms with E-state index in [0.29, 0.717) is 31.4 Å². The number of aromatic nitrogens is 2. The molecule has 0 aliphatic heterocycles. The normalized spacial score (nSPS) is 11.2. The molecule has 0 spiro atoms. The molecule has 4 aromatic rings. The Morgan fingerprint density at radius 1 is 1.03 bits per heavy atom. The summed E-state index contributed by atoms with van der Waals surface area (Å²) in [6, 6.07) is 22.4. The number of hydrogen-bond donors (Lipinski definition) is 1. The molecule has 1 N–H and O–H groups in total. The molecule has 7 heteroatoms. The Bertz CT molecular complexity index is 1330. The first-order valence-corrected chi connectivity index (χ1v) is 12.0. The van der Waals surface area contributed by atoms with E-state index in [0.717, 1.165) is 34.4 Å². The van der Waals surface area contributed by atoms with E-state index in [-0.39, 0.29) is 6.42 Å². The van der Waals surface area contributed by atoms with Gasteiger partial charge in [-0.05, 0) is 59.5 Å². The molecule has 186 valence electrons. The second-order valence-corrected chi connectivity index (χ2v) is 8.76. The van der Waals surface area contributed by atoms with E-state index >= 15 is 0 Å². The molecule has 7 nitrogen and oxygen atoms in total. The van der Waals surface area contributed by atoms with Gasteiger partial charge in [-0.25, -0.2) is 0 Å². The van der Waals surface area contributed by atoms with Crippen LogP contribution in [0.4, 0.5) is 0 Å². The summed E-state index contributed by atoms with van der Waals surface area (Å²) in [5, 5.41) is 13.2. The molecule has 0 unspecified atom stereocenters. The minimum Gasteiger partial charge on any atom is -0.481 e. The number of ether oxygens (including phenoxy) is 1. The predicted octanol–water partition coefficient (Wildman–Crippen LogP) is 5.82. The maximum Gasteiger partial charge on any atom is 0.304 e. The molecule has 1 heterocycles. The number of carboxylic acids is 1. The van der Waals surface area contributed by atoms with Gasteiger partial charge in [-0.2, -0.15) is 4.98 Å². The van der Waals surface area contributed by atoms with Crippen molar-refractivity contribution < 1.29 is 19.2 Å². The van der Waals surface area contributed by atoms with Crippen LogP contribution in [0.5, 0.6) is 0 Å². The van der Waals surface area contributed by atoms with Crippen molar-refractivity contribution in [3.8, 4) is 34.0 Å². The lowest BCUT2D eigenvalue weighted by Gasteiger charge is -2.19. The molecular formula is C29H31N3O4. The Labute approximate surface area is 211 Å². The van der Waals surface area contributed by atoms with Gasteiger partial charge in [0.2, 0.25) is 5.82 Å². The highest BCUT2D eigenvalue weighted by atomic mass is 16.5. The number of aliphatic carboxylic acids is 1. The summed E-state index contributed by atoms with van der Waals surface area (Å²) in [4.78, 5) is 17.7. The maximum atomic E-state index is 10.9. The minimum absolute atomic E-state index is 0.120. The van der Waals surface area contributed by atoms with Gasteiger partial charge in [-0.15, -0.1) is 0 Å². The van der Waals surface area contributed by atoms with Crippen molar-refractivity contribution in [2.75, 3.05) is 20.2 Å². The van der Waals surface area contributed by atoms with E-state index in [1.807, 2.05) is 55.5 Å². The summed E-state index contributed by atoms with van der Waals surface area (Å²) in [7, 11) is 1.69. The van der Waals surface area contributed by atoms with Crippen LogP contribution in [0.25, 0.3) is 34.0 Å². The largest absolute Gasteiger partial charge is 0.481 e. The lowest BCUT2D eigenvalue weighted by molar-refractivity contribution is -0.137. The molecule has 0 aliphatic rings. The van der Waals surface area contributed by atoms with Crippen molar-refractivity contribution in [2.24, 2.45) is 0 Å². The van der Waals surface area contributed by atoms with Gasteiger partial charge in [0.25, 0.3) is 5.89 Å².